The first-order chi connectivity index (χ1) is 13.3. The SMILES string of the molecule is CCS(=O)(=O)c1ccccc1C(=O)OCC(=O)N(C)Cc1ccc(SC)cc1. The van der Waals surface area contributed by atoms with E-state index >= 15 is 0 Å². The van der Waals surface area contributed by atoms with Gasteiger partial charge in [-0.3, -0.25) is 4.79 Å². The van der Waals surface area contributed by atoms with Crippen LogP contribution in [0.5, 0.6) is 0 Å². The minimum absolute atomic E-state index is 0.0625. The Hall–Kier alpha value is -2.32. The summed E-state index contributed by atoms with van der Waals surface area (Å²) >= 11 is 1.64. The van der Waals surface area contributed by atoms with Crippen LogP contribution in [0.2, 0.25) is 0 Å². The van der Waals surface area contributed by atoms with Gasteiger partial charge in [0, 0.05) is 18.5 Å². The Morgan fingerprint density at radius 2 is 1.71 bits per heavy atom. The summed E-state index contributed by atoms with van der Waals surface area (Å²) in [4.78, 5) is 27.1. The number of hydrogen-bond acceptors (Lipinski definition) is 6. The van der Waals surface area contributed by atoms with E-state index in [0.29, 0.717) is 6.54 Å². The highest BCUT2D eigenvalue weighted by molar-refractivity contribution is 7.98. The zero-order chi connectivity index (χ0) is 20.7. The second-order valence-electron chi connectivity index (χ2n) is 6.07. The van der Waals surface area contributed by atoms with Gasteiger partial charge in [0.05, 0.1) is 16.2 Å². The molecule has 0 N–H and O–H groups in total. The molecule has 0 fully saturated rings. The van der Waals surface area contributed by atoms with Crippen LogP contribution in [0.25, 0.3) is 0 Å². The fourth-order valence-corrected chi connectivity index (χ4v) is 3.96. The molecule has 0 heterocycles. The van der Waals surface area contributed by atoms with Crippen LogP contribution < -0.4 is 0 Å². The van der Waals surface area contributed by atoms with Crippen molar-refractivity contribution < 1.29 is 22.7 Å². The molecule has 2 aromatic carbocycles. The van der Waals surface area contributed by atoms with Gasteiger partial charge in [0.1, 0.15) is 0 Å². The summed E-state index contributed by atoms with van der Waals surface area (Å²) in [7, 11) is -1.95. The van der Waals surface area contributed by atoms with Gasteiger partial charge in [0.25, 0.3) is 5.91 Å². The number of carbonyl (C=O) groups excluding carboxylic acids is 2. The average Bonchev–Trinajstić information content (AvgIpc) is 2.72. The normalized spacial score (nSPS) is 11.1. The fraction of sp³-hybridized carbons (Fsp3) is 0.300. The fourth-order valence-electron chi connectivity index (χ4n) is 2.47. The Labute approximate surface area is 169 Å². The van der Waals surface area contributed by atoms with E-state index in [4.69, 9.17) is 4.74 Å². The van der Waals surface area contributed by atoms with Crippen molar-refractivity contribution in [3.8, 4) is 0 Å². The van der Waals surface area contributed by atoms with Crippen molar-refractivity contribution in [1.82, 2.24) is 4.90 Å². The van der Waals surface area contributed by atoms with Crippen LogP contribution >= 0.6 is 11.8 Å². The van der Waals surface area contributed by atoms with E-state index in [1.54, 1.807) is 30.9 Å². The van der Waals surface area contributed by atoms with Crippen LogP contribution in [-0.4, -0.2) is 50.9 Å². The molecule has 28 heavy (non-hydrogen) atoms. The summed E-state index contributed by atoms with van der Waals surface area (Å²) in [6.07, 6.45) is 1.99. The molecule has 1 amide bonds. The molecular weight excluding hydrogens is 398 g/mol. The molecule has 150 valence electrons. The minimum Gasteiger partial charge on any atom is -0.452 e. The Morgan fingerprint density at radius 3 is 2.32 bits per heavy atom. The third-order valence-corrected chi connectivity index (χ3v) is 6.68. The highest BCUT2D eigenvalue weighted by Crippen LogP contribution is 2.18. The second-order valence-corrected chi connectivity index (χ2v) is 9.20. The van der Waals surface area contributed by atoms with E-state index in [1.807, 2.05) is 30.5 Å². The number of nitrogens with zero attached hydrogens (tertiary/aromatic N) is 1. The van der Waals surface area contributed by atoms with Crippen LogP contribution in [0.4, 0.5) is 0 Å². The predicted molar refractivity (Wildman–Crippen MR) is 109 cm³/mol. The molecule has 0 spiro atoms. The molecule has 2 rings (SSSR count). The monoisotopic (exact) mass is 421 g/mol. The molecule has 0 aromatic heterocycles. The van der Waals surface area contributed by atoms with Gasteiger partial charge in [-0.05, 0) is 36.1 Å². The number of benzene rings is 2. The Kier molecular flexibility index (Phi) is 7.65. The van der Waals surface area contributed by atoms with Crippen molar-refractivity contribution in [2.24, 2.45) is 0 Å². The Balaban J connectivity index is 1.99. The molecule has 0 aliphatic rings. The number of esters is 1. The number of amides is 1. The maximum absolute atomic E-state index is 12.3. The third kappa shape index (κ3) is 5.59. The van der Waals surface area contributed by atoms with Crippen LogP contribution in [0.15, 0.2) is 58.3 Å². The molecule has 0 atom stereocenters. The first kappa shape index (κ1) is 22.0. The number of rotatable bonds is 8. The molecular formula is C20H23NO5S2. The zero-order valence-electron chi connectivity index (χ0n) is 16.0. The van der Waals surface area contributed by atoms with E-state index in [9.17, 15) is 18.0 Å². The van der Waals surface area contributed by atoms with Crippen LogP contribution in [-0.2, 0) is 25.9 Å². The van der Waals surface area contributed by atoms with E-state index in [1.165, 1.54) is 24.0 Å². The zero-order valence-corrected chi connectivity index (χ0v) is 17.7. The van der Waals surface area contributed by atoms with Crippen molar-refractivity contribution in [2.75, 3.05) is 25.7 Å². The van der Waals surface area contributed by atoms with Gasteiger partial charge in [-0.25, -0.2) is 13.2 Å². The van der Waals surface area contributed by atoms with Gasteiger partial charge >= 0.3 is 5.97 Å². The molecule has 0 aliphatic carbocycles. The largest absolute Gasteiger partial charge is 0.452 e. The molecule has 8 heteroatoms. The van der Waals surface area contributed by atoms with Gasteiger partial charge in [0.15, 0.2) is 16.4 Å². The molecule has 0 saturated heterocycles. The Bertz CT molecular complexity index is 939. The maximum Gasteiger partial charge on any atom is 0.339 e. The lowest BCUT2D eigenvalue weighted by Gasteiger charge is -2.17. The molecule has 0 unspecified atom stereocenters. The first-order valence-electron chi connectivity index (χ1n) is 8.64. The average molecular weight is 422 g/mol. The lowest BCUT2D eigenvalue weighted by Crippen LogP contribution is -2.31. The van der Waals surface area contributed by atoms with Crippen molar-refractivity contribution in [3.63, 3.8) is 0 Å². The number of sulfone groups is 1. The van der Waals surface area contributed by atoms with E-state index < -0.39 is 22.4 Å². The van der Waals surface area contributed by atoms with Crippen LogP contribution in [0.3, 0.4) is 0 Å². The van der Waals surface area contributed by atoms with E-state index in [0.717, 1.165) is 10.5 Å². The molecule has 0 radical (unpaired) electrons. The quantitative estimate of drug-likeness (QED) is 0.481. The van der Waals surface area contributed by atoms with Gasteiger partial charge in [-0.1, -0.05) is 31.2 Å². The lowest BCUT2D eigenvalue weighted by molar-refractivity contribution is -0.133. The summed E-state index contributed by atoms with van der Waals surface area (Å²) in [6, 6.07) is 13.7. The van der Waals surface area contributed by atoms with Gasteiger partial charge < -0.3 is 9.64 Å². The standard InChI is InChI=1S/C20H23NO5S2/c1-4-28(24,25)18-8-6-5-7-17(18)20(23)26-14-19(22)21(2)13-15-9-11-16(27-3)12-10-15/h5-12H,4,13-14H2,1-3H3. The highest BCUT2D eigenvalue weighted by Gasteiger charge is 2.22. The number of ether oxygens (including phenoxy) is 1. The summed E-state index contributed by atoms with van der Waals surface area (Å²) in [6.45, 7) is 1.42. The highest BCUT2D eigenvalue weighted by atomic mass is 32.2. The molecule has 0 bridgehead atoms. The number of likely N-dealkylation sites (N-methyl/N-ethyl adjacent to an activating group) is 1. The lowest BCUT2D eigenvalue weighted by atomic mass is 10.2. The Morgan fingerprint density at radius 1 is 1.07 bits per heavy atom. The first-order valence-corrected chi connectivity index (χ1v) is 11.5. The number of hydrogen-bond donors (Lipinski definition) is 0. The van der Waals surface area contributed by atoms with E-state index in [-0.39, 0.29) is 22.1 Å². The van der Waals surface area contributed by atoms with Crippen molar-refractivity contribution in [1.29, 1.82) is 0 Å². The van der Waals surface area contributed by atoms with Crippen molar-refractivity contribution in [2.45, 2.75) is 23.3 Å². The second kappa shape index (κ2) is 9.75. The minimum atomic E-state index is -3.57. The smallest absolute Gasteiger partial charge is 0.339 e. The maximum atomic E-state index is 12.3. The number of thioether (sulfide) groups is 1. The van der Waals surface area contributed by atoms with E-state index in [2.05, 4.69) is 0 Å². The van der Waals surface area contributed by atoms with Gasteiger partial charge in [-0.15, -0.1) is 11.8 Å². The van der Waals surface area contributed by atoms with Crippen molar-refractivity contribution in [3.05, 3.63) is 59.7 Å². The summed E-state index contributed by atoms with van der Waals surface area (Å²) in [5, 5.41) is 0. The van der Waals surface area contributed by atoms with Gasteiger partial charge in [-0.2, -0.15) is 0 Å². The summed E-state index contributed by atoms with van der Waals surface area (Å²) < 4.78 is 29.3. The summed E-state index contributed by atoms with van der Waals surface area (Å²) in [5.41, 5.74) is 0.895. The topological polar surface area (TPSA) is 80.7 Å². The molecule has 0 saturated carbocycles. The van der Waals surface area contributed by atoms with Crippen LogP contribution in [0.1, 0.15) is 22.8 Å². The van der Waals surface area contributed by atoms with Gasteiger partial charge in [0.2, 0.25) is 0 Å². The molecule has 2 aromatic rings. The number of carbonyl (C=O) groups is 2. The third-order valence-electron chi connectivity index (χ3n) is 4.15. The molecule has 6 nitrogen and oxygen atoms in total. The van der Waals surface area contributed by atoms with Crippen LogP contribution in [0, 0.1) is 0 Å². The van der Waals surface area contributed by atoms with Crippen molar-refractivity contribution >= 4 is 33.5 Å². The summed E-state index contributed by atoms with van der Waals surface area (Å²) in [5.74, 6) is -1.34. The molecule has 0 aliphatic heterocycles. The predicted octanol–water partition coefficient (Wildman–Crippen LogP) is 3.02.